The molecule has 0 radical (unpaired) electrons. The number of hydrogen-bond donors (Lipinski definition) is 1. The standard InChI is InChI=1S/C21H29N5O4/c1-13(2)26-11-14(27)9-17(26)20-23-22-19-12-24(7-8-25(19)20)21(28)16-6-5-15(29-3)10-18(16)30-4/h5-6,10,13-14,17,27H,7-9,11-12H2,1-4H3/t14-,17+/m1/s1. The molecule has 0 aliphatic carbocycles. The average Bonchev–Trinajstić information content (AvgIpc) is 3.35. The van der Waals surface area contributed by atoms with Crippen molar-refractivity contribution in [3.8, 4) is 11.5 Å². The number of carbonyl (C=O) groups is 1. The van der Waals surface area contributed by atoms with Crippen molar-refractivity contribution in [3.63, 3.8) is 0 Å². The number of rotatable bonds is 5. The number of benzene rings is 1. The lowest BCUT2D eigenvalue weighted by Gasteiger charge is -2.31. The van der Waals surface area contributed by atoms with E-state index in [9.17, 15) is 9.90 Å². The van der Waals surface area contributed by atoms with Gasteiger partial charge in [0.15, 0.2) is 11.6 Å². The van der Waals surface area contributed by atoms with E-state index in [0.717, 1.165) is 11.6 Å². The predicted molar refractivity (Wildman–Crippen MR) is 110 cm³/mol. The minimum Gasteiger partial charge on any atom is -0.497 e. The van der Waals surface area contributed by atoms with Crippen LogP contribution in [0.3, 0.4) is 0 Å². The average molecular weight is 415 g/mol. The van der Waals surface area contributed by atoms with Gasteiger partial charge in [0.05, 0.1) is 38.5 Å². The summed E-state index contributed by atoms with van der Waals surface area (Å²) in [7, 11) is 3.12. The molecular weight excluding hydrogens is 386 g/mol. The van der Waals surface area contributed by atoms with Crippen LogP contribution < -0.4 is 9.47 Å². The highest BCUT2D eigenvalue weighted by Gasteiger charge is 2.38. The summed E-state index contributed by atoms with van der Waals surface area (Å²) in [6, 6.07) is 5.55. The van der Waals surface area contributed by atoms with Crippen molar-refractivity contribution in [2.45, 2.75) is 51.5 Å². The number of aliphatic hydroxyl groups is 1. The number of β-amino-alcohol motifs (C(OH)–C–C–N with tert-alkyl or cyclic N) is 1. The first-order valence-corrected chi connectivity index (χ1v) is 10.3. The van der Waals surface area contributed by atoms with Crippen LogP contribution in [0.1, 0.15) is 48.3 Å². The van der Waals surface area contributed by atoms with Gasteiger partial charge in [0.1, 0.15) is 11.5 Å². The molecule has 2 atom stereocenters. The molecule has 162 valence electrons. The zero-order chi connectivity index (χ0) is 21.4. The highest BCUT2D eigenvalue weighted by molar-refractivity contribution is 5.97. The molecule has 3 heterocycles. The molecule has 1 fully saturated rings. The molecule has 30 heavy (non-hydrogen) atoms. The largest absolute Gasteiger partial charge is 0.497 e. The van der Waals surface area contributed by atoms with Crippen LogP contribution in [0.4, 0.5) is 0 Å². The molecule has 1 aromatic heterocycles. The summed E-state index contributed by atoms with van der Waals surface area (Å²) in [6.45, 7) is 6.47. The number of methoxy groups -OCH3 is 2. The second-order valence-corrected chi connectivity index (χ2v) is 8.11. The lowest BCUT2D eigenvalue weighted by molar-refractivity contribution is 0.0700. The molecule has 1 saturated heterocycles. The first-order chi connectivity index (χ1) is 14.4. The Kier molecular flexibility index (Phi) is 5.66. The first-order valence-electron chi connectivity index (χ1n) is 10.3. The number of hydrogen-bond acceptors (Lipinski definition) is 7. The molecule has 1 aromatic carbocycles. The van der Waals surface area contributed by atoms with Crippen molar-refractivity contribution < 1.29 is 19.4 Å². The van der Waals surface area contributed by atoms with Crippen molar-refractivity contribution >= 4 is 5.91 Å². The molecule has 4 rings (SSSR count). The Balaban J connectivity index is 1.55. The van der Waals surface area contributed by atoms with E-state index in [-0.39, 0.29) is 18.1 Å². The monoisotopic (exact) mass is 415 g/mol. The molecule has 0 unspecified atom stereocenters. The van der Waals surface area contributed by atoms with Crippen molar-refractivity contribution in [3.05, 3.63) is 35.4 Å². The van der Waals surface area contributed by atoms with Gasteiger partial charge < -0.3 is 24.0 Å². The Morgan fingerprint density at radius 3 is 2.70 bits per heavy atom. The summed E-state index contributed by atoms with van der Waals surface area (Å²) < 4.78 is 12.7. The van der Waals surface area contributed by atoms with Gasteiger partial charge in [-0.2, -0.15) is 0 Å². The topological polar surface area (TPSA) is 93.0 Å². The Morgan fingerprint density at radius 1 is 1.20 bits per heavy atom. The van der Waals surface area contributed by atoms with Crippen LogP contribution in [0.15, 0.2) is 18.2 Å². The molecule has 1 amide bonds. The summed E-state index contributed by atoms with van der Waals surface area (Å²) in [5.74, 6) is 2.66. The first kappa shape index (κ1) is 20.6. The van der Waals surface area contributed by atoms with Crippen LogP contribution in [0, 0.1) is 0 Å². The molecule has 0 spiro atoms. The molecule has 0 bridgehead atoms. The summed E-state index contributed by atoms with van der Waals surface area (Å²) in [5.41, 5.74) is 0.497. The van der Waals surface area contributed by atoms with E-state index in [1.54, 1.807) is 37.3 Å². The summed E-state index contributed by atoms with van der Waals surface area (Å²) in [6.07, 6.45) is 0.303. The zero-order valence-corrected chi connectivity index (χ0v) is 17.9. The smallest absolute Gasteiger partial charge is 0.258 e. The number of amides is 1. The predicted octanol–water partition coefficient (Wildman–Crippen LogP) is 1.47. The molecule has 2 aliphatic heterocycles. The highest BCUT2D eigenvalue weighted by Crippen LogP contribution is 2.34. The van der Waals surface area contributed by atoms with E-state index in [1.807, 2.05) is 0 Å². The van der Waals surface area contributed by atoms with Gasteiger partial charge in [-0.3, -0.25) is 9.69 Å². The molecule has 9 nitrogen and oxygen atoms in total. The number of nitrogens with zero attached hydrogens (tertiary/aromatic N) is 5. The van der Waals surface area contributed by atoms with Crippen LogP contribution >= 0.6 is 0 Å². The molecule has 0 saturated carbocycles. The fourth-order valence-electron chi connectivity index (χ4n) is 4.41. The summed E-state index contributed by atoms with van der Waals surface area (Å²) in [4.78, 5) is 17.2. The fourth-order valence-corrected chi connectivity index (χ4v) is 4.41. The van der Waals surface area contributed by atoms with Gasteiger partial charge in [-0.25, -0.2) is 0 Å². The van der Waals surface area contributed by atoms with Gasteiger partial charge >= 0.3 is 0 Å². The molecular formula is C21H29N5O4. The van der Waals surface area contributed by atoms with E-state index < -0.39 is 0 Å². The summed E-state index contributed by atoms with van der Waals surface area (Å²) >= 11 is 0. The quantitative estimate of drug-likeness (QED) is 0.790. The number of likely N-dealkylation sites (tertiary alicyclic amines) is 1. The third-order valence-electron chi connectivity index (χ3n) is 5.99. The third kappa shape index (κ3) is 3.63. The minimum absolute atomic E-state index is 0.0465. The number of carbonyl (C=O) groups excluding carboxylic acids is 1. The SMILES string of the molecule is COc1ccc(C(=O)N2CCn3c(nnc3[C@@H]3C[C@@H](O)CN3C(C)C)C2)c(OC)c1. The Morgan fingerprint density at radius 2 is 2.00 bits per heavy atom. The number of ether oxygens (including phenoxy) is 2. The van der Waals surface area contributed by atoms with Crippen molar-refractivity contribution in [2.24, 2.45) is 0 Å². The van der Waals surface area contributed by atoms with E-state index in [1.165, 1.54) is 0 Å². The van der Waals surface area contributed by atoms with Crippen molar-refractivity contribution in [1.29, 1.82) is 0 Å². The Bertz CT molecular complexity index is 928. The zero-order valence-electron chi connectivity index (χ0n) is 17.9. The highest BCUT2D eigenvalue weighted by atomic mass is 16.5. The molecule has 1 N–H and O–H groups in total. The number of aromatic nitrogens is 3. The number of aliphatic hydroxyl groups excluding tert-OH is 1. The van der Waals surface area contributed by atoms with Crippen LogP contribution in [-0.2, 0) is 13.1 Å². The molecule has 9 heteroatoms. The van der Waals surface area contributed by atoms with E-state index >= 15 is 0 Å². The van der Waals surface area contributed by atoms with E-state index in [4.69, 9.17) is 9.47 Å². The third-order valence-corrected chi connectivity index (χ3v) is 5.99. The minimum atomic E-state index is -0.352. The second kappa shape index (κ2) is 8.23. The van der Waals surface area contributed by atoms with Gasteiger partial charge in [-0.1, -0.05) is 0 Å². The van der Waals surface area contributed by atoms with Crippen LogP contribution in [-0.4, -0.2) is 75.0 Å². The Labute approximate surface area is 176 Å². The second-order valence-electron chi connectivity index (χ2n) is 8.11. The fraction of sp³-hybridized carbons (Fsp3) is 0.571. The lowest BCUT2D eigenvalue weighted by Crippen LogP contribution is -2.40. The van der Waals surface area contributed by atoms with Crippen LogP contribution in [0.2, 0.25) is 0 Å². The maximum Gasteiger partial charge on any atom is 0.258 e. The lowest BCUT2D eigenvalue weighted by atomic mass is 10.1. The van der Waals surface area contributed by atoms with Gasteiger partial charge in [0.2, 0.25) is 0 Å². The van der Waals surface area contributed by atoms with Gasteiger partial charge in [-0.05, 0) is 32.4 Å². The summed E-state index contributed by atoms with van der Waals surface area (Å²) in [5, 5.41) is 19.0. The number of fused-ring (bicyclic) bond motifs is 1. The molecule has 2 aromatic rings. The van der Waals surface area contributed by atoms with E-state index in [0.29, 0.717) is 55.7 Å². The Hall–Kier alpha value is -2.65. The van der Waals surface area contributed by atoms with Crippen LogP contribution in [0.25, 0.3) is 0 Å². The van der Waals surface area contributed by atoms with Crippen molar-refractivity contribution in [1.82, 2.24) is 24.6 Å². The molecule has 2 aliphatic rings. The van der Waals surface area contributed by atoms with Crippen LogP contribution in [0.5, 0.6) is 11.5 Å². The van der Waals surface area contributed by atoms with Crippen molar-refractivity contribution in [2.75, 3.05) is 27.3 Å². The van der Waals surface area contributed by atoms with Gasteiger partial charge in [-0.15, -0.1) is 10.2 Å². The van der Waals surface area contributed by atoms with Gasteiger partial charge in [0, 0.05) is 31.7 Å². The van der Waals surface area contributed by atoms with Gasteiger partial charge in [0.25, 0.3) is 5.91 Å². The maximum absolute atomic E-state index is 13.1. The van der Waals surface area contributed by atoms with E-state index in [2.05, 4.69) is 33.5 Å². The normalized spacial score (nSPS) is 21.7. The maximum atomic E-state index is 13.1.